The molecule has 0 unspecified atom stereocenters. The van der Waals surface area contributed by atoms with E-state index >= 15 is 0 Å². The van der Waals surface area contributed by atoms with Crippen LogP contribution in [0.15, 0.2) is 42.5 Å². The van der Waals surface area contributed by atoms with Gasteiger partial charge in [0.15, 0.2) is 0 Å². The number of alkyl halides is 3. The van der Waals surface area contributed by atoms with Crippen molar-refractivity contribution in [2.45, 2.75) is 44.7 Å². The third kappa shape index (κ3) is 11.1. The average Bonchev–Trinajstić information content (AvgIpc) is 3.02. The summed E-state index contributed by atoms with van der Waals surface area (Å²) in [6.07, 6.45) is -0.190. The SMILES string of the molecule is NC(=O)C(=O)N1CCC(C(=O)N(CCCN2CCC(Cc3ccc(F)cc3)CC2)c2ccc(Cl)c(Cl)c2)CC1.O=C(O)C(F)(F)F. The number of aliphatic carboxylic acids is 1. The standard InChI is InChI=1S/C29H35Cl2FN4O3.C2HF3O2/c30-25-7-6-24(19-26(25)31)36(28(38)22-10-16-35(17-11-22)29(39)27(33)37)13-1-12-34-14-8-21(9-15-34)18-20-2-4-23(32)5-3-20;3-2(4,5)1(6)7/h2-7,19,21-22H,1,8-18H2,(H2,33,37);(H,6,7). The van der Waals surface area contributed by atoms with Gasteiger partial charge in [0.05, 0.1) is 10.0 Å². The van der Waals surface area contributed by atoms with E-state index in [-0.39, 0.29) is 17.6 Å². The first kappa shape index (κ1) is 37.0. The quantitative estimate of drug-likeness (QED) is 0.291. The predicted octanol–water partition coefficient (Wildman–Crippen LogP) is 5.17. The molecule has 4 rings (SSSR count). The molecule has 0 aromatic heterocycles. The Morgan fingerprint density at radius 1 is 0.913 bits per heavy atom. The molecule has 0 bridgehead atoms. The highest BCUT2D eigenvalue weighted by atomic mass is 35.5. The fourth-order valence-corrected chi connectivity index (χ4v) is 5.84. The number of carbonyl (C=O) groups excluding carboxylic acids is 3. The third-order valence-electron chi connectivity index (χ3n) is 8.07. The fraction of sp³-hybridized carbons (Fsp3) is 0.484. The van der Waals surface area contributed by atoms with E-state index in [1.165, 1.54) is 22.6 Å². The minimum Gasteiger partial charge on any atom is -0.475 e. The Balaban J connectivity index is 0.000000738. The molecule has 3 amide bonds. The lowest BCUT2D eigenvalue weighted by atomic mass is 9.90. The van der Waals surface area contributed by atoms with Gasteiger partial charge in [-0.05, 0) is 100.0 Å². The van der Waals surface area contributed by atoms with Crippen LogP contribution in [-0.2, 0) is 25.6 Å². The molecule has 0 saturated carbocycles. The Labute approximate surface area is 274 Å². The molecule has 2 saturated heterocycles. The van der Waals surface area contributed by atoms with Gasteiger partial charge >= 0.3 is 24.0 Å². The molecule has 0 aliphatic carbocycles. The topological polar surface area (TPSA) is 124 Å². The van der Waals surface area contributed by atoms with Gasteiger partial charge in [0.1, 0.15) is 5.82 Å². The number of amides is 3. The number of nitrogens with zero attached hydrogens (tertiary/aromatic N) is 3. The summed E-state index contributed by atoms with van der Waals surface area (Å²) in [4.78, 5) is 51.3. The van der Waals surface area contributed by atoms with E-state index in [0.717, 1.165) is 45.3 Å². The maximum Gasteiger partial charge on any atom is 0.490 e. The van der Waals surface area contributed by atoms with Crippen molar-refractivity contribution in [1.29, 1.82) is 0 Å². The lowest BCUT2D eigenvalue weighted by Gasteiger charge is -2.35. The number of hydrogen-bond acceptors (Lipinski definition) is 5. The van der Waals surface area contributed by atoms with Crippen molar-refractivity contribution < 1.29 is 41.8 Å². The summed E-state index contributed by atoms with van der Waals surface area (Å²) in [5.74, 6) is -4.33. The number of carboxylic acid groups (broad SMARTS) is 1. The first-order valence-corrected chi connectivity index (χ1v) is 15.5. The largest absolute Gasteiger partial charge is 0.490 e. The number of hydrogen-bond donors (Lipinski definition) is 2. The molecule has 9 nitrogen and oxygen atoms in total. The van der Waals surface area contributed by atoms with E-state index in [2.05, 4.69) is 4.90 Å². The molecular weight excluding hydrogens is 655 g/mol. The van der Waals surface area contributed by atoms with Crippen LogP contribution in [0.2, 0.25) is 10.0 Å². The molecule has 46 heavy (non-hydrogen) atoms. The Morgan fingerprint density at radius 2 is 1.50 bits per heavy atom. The Morgan fingerprint density at radius 3 is 2.02 bits per heavy atom. The summed E-state index contributed by atoms with van der Waals surface area (Å²) in [7, 11) is 0. The summed E-state index contributed by atoms with van der Waals surface area (Å²) in [6, 6.07) is 12.0. The zero-order valence-electron chi connectivity index (χ0n) is 24.9. The van der Waals surface area contributed by atoms with Gasteiger partial charge in [-0.2, -0.15) is 13.2 Å². The van der Waals surface area contributed by atoms with Gasteiger partial charge in [0, 0.05) is 31.2 Å². The van der Waals surface area contributed by atoms with Crippen LogP contribution in [0.4, 0.5) is 23.2 Å². The minimum absolute atomic E-state index is 0.0161. The molecule has 2 fully saturated rings. The van der Waals surface area contributed by atoms with E-state index in [0.29, 0.717) is 54.1 Å². The van der Waals surface area contributed by atoms with E-state index in [9.17, 15) is 31.9 Å². The third-order valence-corrected chi connectivity index (χ3v) is 8.81. The van der Waals surface area contributed by atoms with Crippen LogP contribution < -0.4 is 10.6 Å². The summed E-state index contributed by atoms with van der Waals surface area (Å²) < 4.78 is 44.9. The molecule has 2 heterocycles. The van der Waals surface area contributed by atoms with Gasteiger partial charge in [-0.3, -0.25) is 14.4 Å². The number of halogens is 6. The smallest absolute Gasteiger partial charge is 0.475 e. The molecule has 252 valence electrons. The zero-order chi connectivity index (χ0) is 34.0. The van der Waals surface area contributed by atoms with E-state index in [4.69, 9.17) is 38.8 Å². The number of primary amides is 1. The van der Waals surface area contributed by atoms with E-state index in [1.807, 2.05) is 12.1 Å². The Bertz CT molecular complexity index is 1360. The van der Waals surface area contributed by atoms with Crippen LogP contribution in [0.3, 0.4) is 0 Å². The lowest BCUT2D eigenvalue weighted by molar-refractivity contribution is -0.192. The highest BCUT2D eigenvalue weighted by Gasteiger charge is 2.38. The number of anilines is 1. The molecule has 0 atom stereocenters. The average molecular weight is 692 g/mol. The van der Waals surface area contributed by atoms with E-state index < -0.39 is 24.0 Å². The van der Waals surface area contributed by atoms with Crippen molar-refractivity contribution in [2.75, 3.05) is 44.2 Å². The van der Waals surface area contributed by atoms with Gasteiger partial charge in [-0.25, -0.2) is 9.18 Å². The summed E-state index contributed by atoms with van der Waals surface area (Å²) in [5, 5.41) is 7.94. The van der Waals surface area contributed by atoms with Crippen molar-refractivity contribution in [3.05, 3.63) is 63.9 Å². The predicted molar refractivity (Wildman–Crippen MR) is 165 cm³/mol. The van der Waals surface area contributed by atoms with Gasteiger partial charge in [-0.15, -0.1) is 0 Å². The number of carbonyl (C=O) groups is 4. The van der Waals surface area contributed by atoms with E-state index in [1.54, 1.807) is 23.1 Å². The van der Waals surface area contributed by atoms with Crippen molar-refractivity contribution in [3.8, 4) is 0 Å². The maximum absolute atomic E-state index is 13.6. The summed E-state index contributed by atoms with van der Waals surface area (Å²) in [5.41, 5.74) is 7.00. The normalized spacial score (nSPS) is 16.3. The van der Waals surface area contributed by atoms with Gasteiger partial charge < -0.3 is 25.5 Å². The summed E-state index contributed by atoms with van der Waals surface area (Å²) in [6.45, 7) is 4.05. The molecule has 2 aromatic carbocycles. The van der Waals surface area contributed by atoms with Crippen LogP contribution in [0.1, 0.15) is 37.7 Å². The lowest BCUT2D eigenvalue weighted by Crippen LogP contribution is -2.48. The summed E-state index contributed by atoms with van der Waals surface area (Å²) >= 11 is 12.4. The molecule has 3 N–H and O–H groups in total. The highest BCUT2D eigenvalue weighted by Crippen LogP contribution is 2.30. The Kier molecular flexibility index (Phi) is 13.6. The van der Waals surface area contributed by atoms with Gasteiger partial charge in [0.2, 0.25) is 5.91 Å². The molecule has 2 aliphatic heterocycles. The van der Waals surface area contributed by atoms with Gasteiger partial charge in [0.25, 0.3) is 0 Å². The number of benzene rings is 2. The number of piperidine rings is 2. The monoisotopic (exact) mass is 690 g/mol. The molecule has 0 radical (unpaired) electrons. The molecule has 2 aromatic rings. The second-order valence-electron chi connectivity index (χ2n) is 11.3. The van der Waals surface area contributed by atoms with Crippen molar-refractivity contribution in [2.24, 2.45) is 17.6 Å². The van der Waals surface area contributed by atoms with Crippen LogP contribution in [0.25, 0.3) is 0 Å². The van der Waals surface area contributed by atoms with Crippen molar-refractivity contribution in [1.82, 2.24) is 9.80 Å². The number of nitrogens with two attached hydrogens (primary N) is 1. The minimum atomic E-state index is -5.08. The highest BCUT2D eigenvalue weighted by molar-refractivity contribution is 6.42. The number of rotatable bonds is 8. The number of likely N-dealkylation sites (tertiary alicyclic amines) is 2. The second kappa shape index (κ2) is 16.9. The molecule has 15 heteroatoms. The van der Waals surface area contributed by atoms with Crippen LogP contribution >= 0.6 is 23.2 Å². The van der Waals surface area contributed by atoms with Crippen LogP contribution in [-0.4, -0.2) is 84.0 Å². The molecule has 0 spiro atoms. The Hall–Kier alpha value is -3.42. The zero-order valence-corrected chi connectivity index (χ0v) is 26.5. The number of carboxylic acids is 1. The van der Waals surface area contributed by atoms with Gasteiger partial charge in [-0.1, -0.05) is 35.3 Å². The molecular formula is C31H36Cl2F4N4O5. The fourth-order valence-electron chi connectivity index (χ4n) is 5.55. The van der Waals surface area contributed by atoms with Crippen molar-refractivity contribution >= 4 is 52.6 Å². The maximum atomic E-state index is 13.6. The van der Waals surface area contributed by atoms with Crippen molar-refractivity contribution in [3.63, 3.8) is 0 Å². The van der Waals surface area contributed by atoms with Crippen LogP contribution in [0.5, 0.6) is 0 Å². The van der Waals surface area contributed by atoms with Crippen LogP contribution in [0, 0.1) is 17.7 Å². The second-order valence-corrected chi connectivity index (χ2v) is 12.1. The first-order valence-electron chi connectivity index (χ1n) is 14.8. The molecule has 2 aliphatic rings. The first-order chi connectivity index (χ1) is 21.6.